The Kier molecular flexibility index (Phi) is 4.11. The average molecular weight is 281 g/mol. The number of carbonyl (C=O) groups excluding carboxylic acids is 1. The van der Waals surface area contributed by atoms with Crippen molar-refractivity contribution in [2.24, 2.45) is 0 Å². The molecule has 0 unspecified atom stereocenters. The van der Waals surface area contributed by atoms with Gasteiger partial charge in [0.15, 0.2) is 0 Å². The second-order valence-electron chi connectivity index (χ2n) is 4.25. The van der Waals surface area contributed by atoms with Gasteiger partial charge in [0.2, 0.25) is 0 Å². The van der Waals surface area contributed by atoms with Crippen molar-refractivity contribution >= 4 is 17.5 Å². The Morgan fingerprint density at radius 1 is 1.53 bits per heavy atom. The summed E-state index contributed by atoms with van der Waals surface area (Å²) < 4.78 is 4.67. The van der Waals surface area contributed by atoms with Gasteiger partial charge in [-0.3, -0.25) is 4.79 Å². The first-order chi connectivity index (χ1) is 9.08. The number of rotatable bonds is 4. The number of aromatic nitrogens is 3. The van der Waals surface area contributed by atoms with Crippen molar-refractivity contribution in [1.29, 1.82) is 0 Å². The van der Waals surface area contributed by atoms with E-state index in [1.807, 2.05) is 13.8 Å². The Morgan fingerprint density at radius 3 is 2.95 bits per heavy atom. The molecule has 0 aliphatic rings. The summed E-state index contributed by atoms with van der Waals surface area (Å²) in [5.41, 5.74) is 0.798. The normalized spacial score (nSPS) is 10.7. The summed E-state index contributed by atoms with van der Waals surface area (Å²) in [4.78, 5) is 20.2. The SMILES string of the molecule is CC(C)c1ncc(Cl)c(C(=O)NCc2ccon2)n1. The molecule has 100 valence electrons. The number of hydrogen-bond donors (Lipinski definition) is 1. The maximum atomic E-state index is 12.0. The van der Waals surface area contributed by atoms with Gasteiger partial charge < -0.3 is 9.84 Å². The van der Waals surface area contributed by atoms with Gasteiger partial charge in [-0.1, -0.05) is 30.6 Å². The molecule has 19 heavy (non-hydrogen) atoms. The summed E-state index contributed by atoms with van der Waals surface area (Å²) in [6.07, 6.45) is 2.88. The van der Waals surface area contributed by atoms with Crippen LogP contribution in [0.25, 0.3) is 0 Å². The molecule has 2 aromatic rings. The van der Waals surface area contributed by atoms with Crippen LogP contribution in [0, 0.1) is 0 Å². The summed E-state index contributed by atoms with van der Waals surface area (Å²) in [7, 11) is 0. The minimum absolute atomic E-state index is 0.124. The lowest BCUT2D eigenvalue weighted by Gasteiger charge is -2.08. The van der Waals surface area contributed by atoms with Crippen LogP contribution < -0.4 is 5.32 Å². The minimum atomic E-state index is -0.364. The van der Waals surface area contributed by atoms with E-state index in [2.05, 4.69) is 25.0 Å². The Labute approximate surface area is 115 Å². The van der Waals surface area contributed by atoms with Crippen molar-refractivity contribution in [2.75, 3.05) is 0 Å². The van der Waals surface area contributed by atoms with Crippen LogP contribution in [-0.2, 0) is 6.54 Å². The summed E-state index contributed by atoms with van der Waals surface area (Å²) in [6.45, 7) is 4.15. The number of carbonyl (C=O) groups is 1. The highest BCUT2D eigenvalue weighted by molar-refractivity contribution is 6.33. The topological polar surface area (TPSA) is 80.9 Å². The Morgan fingerprint density at radius 2 is 2.32 bits per heavy atom. The third kappa shape index (κ3) is 3.29. The van der Waals surface area contributed by atoms with E-state index in [-0.39, 0.29) is 29.1 Å². The van der Waals surface area contributed by atoms with E-state index >= 15 is 0 Å². The zero-order valence-corrected chi connectivity index (χ0v) is 11.3. The van der Waals surface area contributed by atoms with E-state index in [0.29, 0.717) is 11.5 Å². The third-order valence-electron chi connectivity index (χ3n) is 2.42. The molecule has 2 aromatic heterocycles. The molecule has 0 spiro atoms. The number of amides is 1. The van der Waals surface area contributed by atoms with Crippen molar-refractivity contribution in [3.8, 4) is 0 Å². The van der Waals surface area contributed by atoms with Crippen LogP contribution in [0.1, 0.15) is 41.8 Å². The Balaban J connectivity index is 2.11. The van der Waals surface area contributed by atoms with Crippen LogP contribution in [0.15, 0.2) is 23.0 Å². The van der Waals surface area contributed by atoms with Gasteiger partial charge in [-0.05, 0) is 0 Å². The van der Waals surface area contributed by atoms with Crippen molar-refractivity contribution in [3.05, 3.63) is 40.8 Å². The van der Waals surface area contributed by atoms with Gasteiger partial charge in [-0.15, -0.1) is 0 Å². The molecule has 7 heteroatoms. The van der Waals surface area contributed by atoms with Crippen LogP contribution >= 0.6 is 11.6 Å². The molecule has 0 aliphatic heterocycles. The Hall–Kier alpha value is -1.95. The summed E-state index contributed by atoms with van der Waals surface area (Å²) >= 11 is 5.94. The lowest BCUT2D eigenvalue weighted by molar-refractivity contribution is 0.0944. The monoisotopic (exact) mass is 280 g/mol. The molecule has 0 aromatic carbocycles. The molecule has 6 nitrogen and oxygen atoms in total. The van der Waals surface area contributed by atoms with Gasteiger partial charge >= 0.3 is 0 Å². The number of hydrogen-bond acceptors (Lipinski definition) is 5. The van der Waals surface area contributed by atoms with Gasteiger partial charge in [0.05, 0.1) is 17.8 Å². The van der Waals surface area contributed by atoms with E-state index in [0.717, 1.165) is 0 Å². The molecule has 0 fully saturated rings. The van der Waals surface area contributed by atoms with Crippen LogP contribution in [0.5, 0.6) is 0 Å². The van der Waals surface area contributed by atoms with E-state index in [1.165, 1.54) is 12.5 Å². The number of halogens is 1. The molecule has 0 aliphatic carbocycles. The zero-order chi connectivity index (χ0) is 13.8. The summed E-state index contributed by atoms with van der Waals surface area (Å²) in [6, 6.07) is 1.67. The molecular weight excluding hydrogens is 268 g/mol. The Bertz CT molecular complexity index is 569. The molecule has 1 amide bonds. The fraction of sp³-hybridized carbons (Fsp3) is 0.333. The van der Waals surface area contributed by atoms with Crippen LogP contribution in [0.2, 0.25) is 5.02 Å². The van der Waals surface area contributed by atoms with Crippen LogP contribution in [-0.4, -0.2) is 21.0 Å². The van der Waals surface area contributed by atoms with E-state index in [4.69, 9.17) is 11.6 Å². The first-order valence-electron chi connectivity index (χ1n) is 5.78. The molecule has 0 saturated carbocycles. The third-order valence-corrected chi connectivity index (χ3v) is 2.69. The lowest BCUT2D eigenvalue weighted by atomic mass is 10.2. The molecule has 2 heterocycles. The molecule has 0 atom stereocenters. The van der Waals surface area contributed by atoms with E-state index in [1.54, 1.807) is 6.07 Å². The summed E-state index contributed by atoms with van der Waals surface area (Å²) in [5.74, 6) is 0.340. The van der Waals surface area contributed by atoms with Crippen molar-refractivity contribution < 1.29 is 9.32 Å². The average Bonchev–Trinajstić information content (AvgIpc) is 2.89. The van der Waals surface area contributed by atoms with Crippen molar-refractivity contribution in [1.82, 2.24) is 20.4 Å². The highest BCUT2D eigenvalue weighted by Crippen LogP contribution is 2.16. The van der Waals surface area contributed by atoms with Crippen molar-refractivity contribution in [3.63, 3.8) is 0 Å². The number of nitrogens with zero attached hydrogens (tertiary/aromatic N) is 3. The van der Waals surface area contributed by atoms with Crippen LogP contribution in [0.3, 0.4) is 0 Å². The van der Waals surface area contributed by atoms with Gasteiger partial charge in [0.1, 0.15) is 23.5 Å². The van der Waals surface area contributed by atoms with Gasteiger partial charge in [-0.25, -0.2) is 9.97 Å². The smallest absolute Gasteiger partial charge is 0.271 e. The molecular formula is C12H13ClN4O2. The second-order valence-corrected chi connectivity index (χ2v) is 4.66. The number of nitrogens with one attached hydrogen (secondary N) is 1. The molecule has 0 radical (unpaired) electrons. The summed E-state index contributed by atoms with van der Waals surface area (Å²) in [5, 5.41) is 6.59. The van der Waals surface area contributed by atoms with E-state index in [9.17, 15) is 4.79 Å². The molecule has 0 saturated heterocycles. The lowest BCUT2D eigenvalue weighted by Crippen LogP contribution is -2.25. The minimum Gasteiger partial charge on any atom is -0.364 e. The maximum Gasteiger partial charge on any atom is 0.271 e. The predicted octanol–water partition coefficient (Wildman–Crippen LogP) is 2.17. The maximum absolute atomic E-state index is 12.0. The van der Waals surface area contributed by atoms with Gasteiger partial charge in [0.25, 0.3) is 5.91 Å². The van der Waals surface area contributed by atoms with Gasteiger partial charge in [-0.2, -0.15) is 0 Å². The predicted molar refractivity (Wildman–Crippen MR) is 68.8 cm³/mol. The first kappa shape index (κ1) is 13.5. The highest BCUT2D eigenvalue weighted by Gasteiger charge is 2.15. The van der Waals surface area contributed by atoms with Crippen molar-refractivity contribution in [2.45, 2.75) is 26.3 Å². The van der Waals surface area contributed by atoms with Gasteiger partial charge in [0, 0.05) is 12.0 Å². The largest absolute Gasteiger partial charge is 0.364 e. The molecule has 2 rings (SSSR count). The first-order valence-corrected chi connectivity index (χ1v) is 6.15. The second kappa shape index (κ2) is 5.79. The standard InChI is InChI=1S/C12H13ClN4O2/c1-7(2)11-14-6-9(13)10(16-11)12(18)15-5-8-3-4-19-17-8/h3-4,6-7H,5H2,1-2H3,(H,15,18). The molecule has 0 bridgehead atoms. The van der Waals surface area contributed by atoms with Crippen LogP contribution in [0.4, 0.5) is 0 Å². The quantitative estimate of drug-likeness (QED) is 0.928. The fourth-order valence-electron chi connectivity index (χ4n) is 1.40. The molecule has 1 N–H and O–H groups in total. The highest BCUT2D eigenvalue weighted by atomic mass is 35.5. The fourth-order valence-corrected chi connectivity index (χ4v) is 1.58. The zero-order valence-electron chi connectivity index (χ0n) is 10.6. The van der Waals surface area contributed by atoms with E-state index < -0.39 is 0 Å².